The maximum atomic E-state index is 13.7. The van der Waals surface area contributed by atoms with Gasteiger partial charge in [-0.05, 0) is 18.1 Å². The molecule has 1 atom stereocenters. The lowest BCUT2D eigenvalue weighted by Gasteiger charge is -2.31. The first kappa shape index (κ1) is 11.4. The Morgan fingerprint density at radius 1 is 1.44 bits per heavy atom. The summed E-state index contributed by atoms with van der Waals surface area (Å²) in [5, 5.41) is 3.27. The standard InChI is InChI=1S/C13H18FNO/c1-8(2)9-6-15-7-10-11(14)4-5-12(16-3)13(9)10/h4-5,8-9,15H,6-7H2,1-3H3. The van der Waals surface area contributed by atoms with Crippen LogP contribution < -0.4 is 10.1 Å². The van der Waals surface area contributed by atoms with E-state index < -0.39 is 0 Å². The van der Waals surface area contributed by atoms with Gasteiger partial charge in [0.05, 0.1) is 7.11 Å². The van der Waals surface area contributed by atoms with E-state index in [4.69, 9.17) is 4.74 Å². The summed E-state index contributed by atoms with van der Waals surface area (Å²) in [6.07, 6.45) is 0. The minimum Gasteiger partial charge on any atom is -0.496 e. The zero-order valence-electron chi connectivity index (χ0n) is 10.0. The predicted octanol–water partition coefficient (Wildman–Crippen LogP) is 2.68. The molecule has 0 aromatic heterocycles. The molecule has 1 aromatic rings. The average molecular weight is 223 g/mol. The van der Waals surface area contributed by atoms with E-state index in [2.05, 4.69) is 19.2 Å². The zero-order valence-corrected chi connectivity index (χ0v) is 10.0. The number of nitrogens with one attached hydrogen (secondary N) is 1. The van der Waals surface area contributed by atoms with E-state index in [0.29, 0.717) is 18.4 Å². The third-order valence-electron chi connectivity index (χ3n) is 3.32. The van der Waals surface area contributed by atoms with Gasteiger partial charge < -0.3 is 10.1 Å². The van der Waals surface area contributed by atoms with Gasteiger partial charge in [0.15, 0.2) is 0 Å². The van der Waals surface area contributed by atoms with Gasteiger partial charge >= 0.3 is 0 Å². The summed E-state index contributed by atoms with van der Waals surface area (Å²) in [6.45, 7) is 5.81. The highest BCUT2D eigenvalue weighted by Gasteiger charge is 2.28. The van der Waals surface area contributed by atoms with Gasteiger partial charge in [0.25, 0.3) is 0 Å². The van der Waals surface area contributed by atoms with Crippen molar-refractivity contribution in [3.63, 3.8) is 0 Å². The minimum absolute atomic E-state index is 0.131. The molecule has 3 heteroatoms. The van der Waals surface area contributed by atoms with E-state index in [-0.39, 0.29) is 5.82 Å². The Morgan fingerprint density at radius 2 is 2.19 bits per heavy atom. The number of methoxy groups -OCH3 is 1. The number of hydrogen-bond acceptors (Lipinski definition) is 2. The van der Waals surface area contributed by atoms with Crippen LogP contribution in [-0.2, 0) is 6.54 Å². The van der Waals surface area contributed by atoms with Crippen molar-refractivity contribution in [1.29, 1.82) is 0 Å². The Kier molecular flexibility index (Phi) is 3.15. The molecule has 0 radical (unpaired) electrons. The molecule has 0 aliphatic carbocycles. The molecule has 88 valence electrons. The van der Waals surface area contributed by atoms with Crippen LogP contribution in [0, 0.1) is 11.7 Å². The molecule has 2 rings (SSSR count). The Hall–Kier alpha value is -1.09. The van der Waals surface area contributed by atoms with Crippen molar-refractivity contribution in [1.82, 2.24) is 5.32 Å². The van der Waals surface area contributed by atoms with Gasteiger partial charge in [0.2, 0.25) is 0 Å². The first-order chi connectivity index (χ1) is 7.65. The molecule has 1 unspecified atom stereocenters. The van der Waals surface area contributed by atoms with E-state index in [0.717, 1.165) is 23.4 Å². The summed E-state index contributed by atoms with van der Waals surface area (Å²) in [4.78, 5) is 0. The summed E-state index contributed by atoms with van der Waals surface area (Å²) in [7, 11) is 1.65. The second kappa shape index (κ2) is 4.42. The van der Waals surface area contributed by atoms with Gasteiger partial charge in [0, 0.05) is 30.1 Å². The molecule has 2 nitrogen and oxygen atoms in total. The van der Waals surface area contributed by atoms with Crippen LogP contribution in [0.15, 0.2) is 12.1 Å². The molecule has 0 spiro atoms. The number of fused-ring (bicyclic) bond motifs is 1. The Bertz CT molecular complexity index is 390. The molecule has 0 saturated heterocycles. The van der Waals surface area contributed by atoms with Crippen LogP contribution >= 0.6 is 0 Å². The van der Waals surface area contributed by atoms with E-state index in [1.807, 2.05) is 0 Å². The quantitative estimate of drug-likeness (QED) is 0.832. The number of halogens is 1. The van der Waals surface area contributed by atoms with Gasteiger partial charge in [-0.3, -0.25) is 0 Å². The monoisotopic (exact) mass is 223 g/mol. The van der Waals surface area contributed by atoms with Gasteiger partial charge in [0.1, 0.15) is 11.6 Å². The molecule has 1 aliphatic rings. The lowest BCUT2D eigenvalue weighted by molar-refractivity contribution is 0.371. The normalized spacial score (nSPS) is 19.7. The van der Waals surface area contributed by atoms with Gasteiger partial charge in [-0.1, -0.05) is 13.8 Å². The third-order valence-corrected chi connectivity index (χ3v) is 3.32. The topological polar surface area (TPSA) is 21.3 Å². The molecule has 0 saturated carbocycles. The first-order valence-corrected chi connectivity index (χ1v) is 5.71. The first-order valence-electron chi connectivity index (χ1n) is 5.71. The largest absolute Gasteiger partial charge is 0.496 e. The molecule has 0 fully saturated rings. The number of hydrogen-bond donors (Lipinski definition) is 1. The van der Waals surface area contributed by atoms with Crippen molar-refractivity contribution in [2.45, 2.75) is 26.3 Å². The van der Waals surface area contributed by atoms with Crippen LogP contribution in [0.1, 0.15) is 30.9 Å². The SMILES string of the molecule is COc1ccc(F)c2c1C(C(C)C)CNC2. The molecule has 1 aliphatic heterocycles. The number of rotatable bonds is 2. The van der Waals surface area contributed by atoms with E-state index >= 15 is 0 Å². The minimum atomic E-state index is -0.131. The maximum Gasteiger partial charge on any atom is 0.128 e. The van der Waals surface area contributed by atoms with Crippen LogP contribution in [0.25, 0.3) is 0 Å². The predicted molar refractivity (Wildman–Crippen MR) is 62.2 cm³/mol. The van der Waals surface area contributed by atoms with Gasteiger partial charge in [-0.25, -0.2) is 4.39 Å². The smallest absolute Gasteiger partial charge is 0.128 e. The molecule has 0 bridgehead atoms. The van der Waals surface area contributed by atoms with Crippen molar-refractivity contribution in [3.8, 4) is 5.75 Å². The average Bonchev–Trinajstić information content (AvgIpc) is 2.29. The molecule has 0 amide bonds. The second-order valence-electron chi connectivity index (χ2n) is 4.62. The third kappa shape index (κ3) is 1.80. The van der Waals surface area contributed by atoms with Crippen molar-refractivity contribution in [2.24, 2.45) is 5.92 Å². The van der Waals surface area contributed by atoms with E-state index in [9.17, 15) is 4.39 Å². The van der Waals surface area contributed by atoms with E-state index in [1.54, 1.807) is 13.2 Å². The lowest BCUT2D eigenvalue weighted by Crippen LogP contribution is -2.32. The molecule has 16 heavy (non-hydrogen) atoms. The molecule has 1 heterocycles. The van der Waals surface area contributed by atoms with Crippen LogP contribution in [0.5, 0.6) is 5.75 Å². The van der Waals surface area contributed by atoms with Gasteiger partial charge in [-0.15, -0.1) is 0 Å². The number of ether oxygens (including phenoxy) is 1. The highest BCUT2D eigenvalue weighted by atomic mass is 19.1. The Balaban J connectivity index is 2.55. The van der Waals surface area contributed by atoms with E-state index in [1.165, 1.54) is 6.07 Å². The molecular formula is C13H18FNO. The van der Waals surface area contributed by atoms with Crippen LogP contribution in [0.4, 0.5) is 4.39 Å². The van der Waals surface area contributed by atoms with Crippen LogP contribution in [-0.4, -0.2) is 13.7 Å². The number of benzene rings is 1. The fraction of sp³-hybridized carbons (Fsp3) is 0.538. The Labute approximate surface area is 95.8 Å². The van der Waals surface area contributed by atoms with Gasteiger partial charge in [-0.2, -0.15) is 0 Å². The molecular weight excluding hydrogens is 205 g/mol. The second-order valence-corrected chi connectivity index (χ2v) is 4.62. The fourth-order valence-corrected chi connectivity index (χ4v) is 2.40. The Morgan fingerprint density at radius 3 is 2.81 bits per heavy atom. The van der Waals surface area contributed by atoms with Crippen molar-refractivity contribution in [3.05, 3.63) is 29.1 Å². The van der Waals surface area contributed by atoms with Crippen molar-refractivity contribution in [2.75, 3.05) is 13.7 Å². The summed E-state index contributed by atoms with van der Waals surface area (Å²) < 4.78 is 19.1. The van der Waals surface area contributed by atoms with Crippen LogP contribution in [0.3, 0.4) is 0 Å². The van der Waals surface area contributed by atoms with Crippen molar-refractivity contribution >= 4 is 0 Å². The molecule has 1 aromatic carbocycles. The highest BCUT2D eigenvalue weighted by Crippen LogP contribution is 2.37. The fourth-order valence-electron chi connectivity index (χ4n) is 2.40. The van der Waals surface area contributed by atoms with Crippen molar-refractivity contribution < 1.29 is 9.13 Å². The van der Waals surface area contributed by atoms with Crippen LogP contribution in [0.2, 0.25) is 0 Å². The molecule has 1 N–H and O–H groups in total. The lowest BCUT2D eigenvalue weighted by atomic mass is 9.82. The maximum absolute atomic E-state index is 13.7. The highest BCUT2D eigenvalue weighted by molar-refractivity contribution is 5.45. The summed E-state index contributed by atoms with van der Waals surface area (Å²) >= 11 is 0. The zero-order chi connectivity index (χ0) is 11.7. The summed E-state index contributed by atoms with van der Waals surface area (Å²) in [5.74, 6) is 1.49. The summed E-state index contributed by atoms with van der Waals surface area (Å²) in [5.41, 5.74) is 1.82. The summed E-state index contributed by atoms with van der Waals surface area (Å²) in [6, 6.07) is 3.22.